The molecule has 0 N–H and O–H groups in total. The average Bonchev–Trinajstić information content (AvgIpc) is 2.45. The van der Waals surface area contributed by atoms with Gasteiger partial charge in [0.2, 0.25) is 11.8 Å². The second-order valence-electron chi connectivity index (χ2n) is 4.48. The third-order valence-electron chi connectivity index (χ3n) is 3.08. The maximum Gasteiger partial charge on any atom is 0.228 e. The van der Waals surface area contributed by atoms with Crippen molar-refractivity contribution in [1.29, 1.82) is 0 Å². The predicted octanol–water partition coefficient (Wildman–Crippen LogP) is 2.46. The molecular formula is C16H22N2O2. The van der Waals surface area contributed by atoms with Crippen LogP contribution in [0.15, 0.2) is 43.0 Å². The van der Waals surface area contributed by atoms with Crippen LogP contribution >= 0.6 is 0 Å². The highest BCUT2D eigenvalue weighted by molar-refractivity contribution is 5.93. The van der Waals surface area contributed by atoms with Crippen LogP contribution in [-0.4, -0.2) is 36.3 Å². The van der Waals surface area contributed by atoms with Gasteiger partial charge in [-0.05, 0) is 19.1 Å². The molecule has 4 heteroatoms. The van der Waals surface area contributed by atoms with Gasteiger partial charge >= 0.3 is 0 Å². The summed E-state index contributed by atoms with van der Waals surface area (Å²) in [4.78, 5) is 27.0. The molecule has 108 valence electrons. The molecule has 0 saturated carbocycles. The van der Waals surface area contributed by atoms with Gasteiger partial charge in [-0.25, -0.2) is 0 Å². The monoisotopic (exact) mass is 274 g/mol. The molecule has 20 heavy (non-hydrogen) atoms. The quantitative estimate of drug-likeness (QED) is 0.717. The lowest BCUT2D eigenvalue weighted by molar-refractivity contribution is -0.129. The van der Waals surface area contributed by atoms with E-state index < -0.39 is 0 Å². The second kappa shape index (κ2) is 8.15. The Morgan fingerprint density at radius 1 is 1.25 bits per heavy atom. The molecular weight excluding hydrogens is 252 g/mol. The summed E-state index contributed by atoms with van der Waals surface area (Å²) in [7, 11) is 0. The summed E-state index contributed by atoms with van der Waals surface area (Å²) in [6.45, 7) is 8.57. The van der Waals surface area contributed by atoms with Crippen LogP contribution in [0.25, 0.3) is 0 Å². The Hall–Kier alpha value is -2.10. The van der Waals surface area contributed by atoms with Crippen LogP contribution in [0.5, 0.6) is 0 Å². The molecule has 0 aliphatic rings. The van der Waals surface area contributed by atoms with Crippen molar-refractivity contribution in [3.63, 3.8) is 0 Å². The summed E-state index contributed by atoms with van der Waals surface area (Å²) in [6.07, 6.45) is 1.98. The lowest BCUT2D eigenvalue weighted by atomic mass is 10.2. The summed E-state index contributed by atoms with van der Waals surface area (Å²) in [5.41, 5.74) is 0.887. The Bertz CT molecular complexity index is 457. The van der Waals surface area contributed by atoms with E-state index in [2.05, 4.69) is 6.58 Å². The topological polar surface area (TPSA) is 40.6 Å². The normalized spacial score (nSPS) is 9.90. The minimum absolute atomic E-state index is 0.0222. The standard InChI is InChI=1S/C16H22N2O2/c1-4-12-17(14(3)19)13-11-16(20)18(5-2)15-9-7-6-8-10-15/h4,6-10H,1,5,11-13H2,2-3H3. The first-order valence-electron chi connectivity index (χ1n) is 6.82. The van der Waals surface area contributed by atoms with Crippen LogP contribution in [0.2, 0.25) is 0 Å². The Balaban J connectivity index is 2.64. The predicted molar refractivity (Wildman–Crippen MR) is 81.5 cm³/mol. The molecule has 0 fully saturated rings. The number of rotatable bonds is 7. The number of hydrogen-bond acceptors (Lipinski definition) is 2. The molecule has 1 aromatic carbocycles. The molecule has 0 atom stereocenters. The molecule has 0 spiro atoms. The Morgan fingerprint density at radius 3 is 2.40 bits per heavy atom. The molecule has 1 aromatic rings. The largest absolute Gasteiger partial charge is 0.339 e. The van der Waals surface area contributed by atoms with Gasteiger partial charge in [-0.2, -0.15) is 0 Å². The zero-order valence-corrected chi connectivity index (χ0v) is 12.2. The number of carbonyl (C=O) groups excluding carboxylic acids is 2. The van der Waals surface area contributed by atoms with Crippen LogP contribution in [0.1, 0.15) is 20.3 Å². The molecule has 0 aromatic heterocycles. The van der Waals surface area contributed by atoms with Gasteiger partial charge in [0.15, 0.2) is 0 Å². The van der Waals surface area contributed by atoms with Crippen LogP contribution in [0.3, 0.4) is 0 Å². The Morgan fingerprint density at radius 2 is 1.90 bits per heavy atom. The van der Waals surface area contributed by atoms with Crippen molar-refractivity contribution >= 4 is 17.5 Å². The first-order chi connectivity index (χ1) is 9.60. The molecule has 4 nitrogen and oxygen atoms in total. The summed E-state index contributed by atoms with van der Waals surface area (Å²) in [6, 6.07) is 9.56. The van der Waals surface area contributed by atoms with E-state index >= 15 is 0 Å². The van der Waals surface area contributed by atoms with E-state index in [0.717, 1.165) is 5.69 Å². The summed E-state index contributed by atoms with van der Waals surface area (Å²) < 4.78 is 0. The minimum atomic E-state index is -0.0412. The lowest BCUT2D eigenvalue weighted by Gasteiger charge is -2.24. The maximum atomic E-state index is 12.3. The third kappa shape index (κ3) is 4.53. The number of hydrogen-bond donors (Lipinski definition) is 0. The molecule has 0 unspecified atom stereocenters. The lowest BCUT2D eigenvalue weighted by Crippen LogP contribution is -2.36. The Kier molecular flexibility index (Phi) is 6.50. The number of carbonyl (C=O) groups is 2. The zero-order valence-electron chi connectivity index (χ0n) is 12.2. The van der Waals surface area contributed by atoms with Crippen molar-refractivity contribution in [2.24, 2.45) is 0 Å². The summed E-state index contributed by atoms with van der Waals surface area (Å²) in [5.74, 6) is -0.0190. The number of benzene rings is 1. The number of nitrogens with zero attached hydrogens (tertiary/aromatic N) is 2. The molecule has 0 radical (unpaired) electrons. The highest BCUT2D eigenvalue weighted by Crippen LogP contribution is 2.14. The van der Waals surface area contributed by atoms with Gasteiger partial charge in [-0.3, -0.25) is 9.59 Å². The highest BCUT2D eigenvalue weighted by atomic mass is 16.2. The average molecular weight is 274 g/mol. The van der Waals surface area contributed by atoms with Crippen LogP contribution < -0.4 is 4.90 Å². The van der Waals surface area contributed by atoms with Gasteiger partial charge in [0, 0.05) is 38.7 Å². The fourth-order valence-corrected chi connectivity index (χ4v) is 2.01. The number of amides is 2. The van der Waals surface area contributed by atoms with E-state index in [1.54, 1.807) is 15.9 Å². The van der Waals surface area contributed by atoms with Crippen LogP contribution in [0.4, 0.5) is 5.69 Å². The third-order valence-corrected chi connectivity index (χ3v) is 3.08. The molecule has 0 aliphatic carbocycles. The van der Waals surface area contributed by atoms with Crippen molar-refractivity contribution in [3.8, 4) is 0 Å². The van der Waals surface area contributed by atoms with Crippen LogP contribution in [0, 0.1) is 0 Å². The molecule has 0 saturated heterocycles. The van der Waals surface area contributed by atoms with Gasteiger partial charge in [0.25, 0.3) is 0 Å². The fourth-order valence-electron chi connectivity index (χ4n) is 2.01. The van der Waals surface area contributed by atoms with E-state index in [0.29, 0.717) is 26.1 Å². The van der Waals surface area contributed by atoms with E-state index in [-0.39, 0.29) is 11.8 Å². The molecule has 0 aliphatic heterocycles. The van der Waals surface area contributed by atoms with Crippen molar-refractivity contribution < 1.29 is 9.59 Å². The van der Waals surface area contributed by atoms with Crippen LogP contribution in [-0.2, 0) is 9.59 Å². The first kappa shape index (κ1) is 16.0. The first-order valence-corrected chi connectivity index (χ1v) is 6.82. The van der Waals surface area contributed by atoms with Crippen molar-refractivity contribution in [1.82, 2.24) is 4.90 Å². The van der Waals surface area contributed by atoms with Gasteiger partial charge in [-0.15, -0.1) is 6.58 Å². The minimum Gasteiger partial charge on any atom is -0.339 e. The SMILES string of the molecule is C=CCN(CCC(=O)N(CC)c1ccccc1)C(C)=O. The smallest absolute Gasteiger partial charge is 0.228 e. The highest BCUT2D eigenvalue weighted by Gasteiger charge is 2.15. The van der Waals surface area contributed by atoms with Crippen molar-refractivity contribution in [3.05, 3.63) is 43.0 Å². The number of anilines is 1. The molecule has 1 rings (SSSR count). The van der Waals surface area contributed by atoms with Crippen molar-refractivity contribution in [2.45, 2.75) is 20.3 Å². The van der Waals surface area contributed by atoms with E-state index in [9.17, 15) is 9.59 Å². The zero-order chi connectivity index (χ0) is 15.0. The number of para-hydroxylation sites is 1. The van der Waals surface area contributed by atoms with Gasteiger partial charge in [0.05, 0.1) is 0 Å². The molecule has 0 heterocycles. The second-order valence-corrected chi connectivity index (χ2v) is 4.48. The molecule has 0 bridgehead atoms. The van der Waals surface area contributed by atoms with E-state index in [4.69, 9.17) is 0 Å². The summed E-state index contributed by atoms with van der Waals surface area (Å²) in [5, 5.41) is 0. The van der Waals surface area contributed by atoms with E-state index in [1.807, 2.05) is 37.3 Å². The fraction of sp³-hybridized carbons (Fsp3) is 0.375. The molecule has 2 amide bonds. The van der Waals surface area contributed by atoms with Gasteiger partial charge in [0.1, 0.15) is 0 Å². The van der Waals surface area contributed by atoms with Gasteiger partial charge < -0.3 is 9.80 Å². The van der Waals surface area contributed by atoms with E-state index in [1.165, 1.54) is 6.92 Å². The van der Waals surface area contributed by atoms with Crippen molar-refractivity contribution in [2.75, 3.05) is 24.5 Å². The summed E-state index contributed by atoms with van der Waals surface area (Å²) >= 11 is 0. The van der Waals surface area contributed by atoms with Gasteiger partial charge in [-0.1, -0.05) is 24.3 Å². The Labute approximate surface area is 120 Å². The maximum absolute atomic E-state index is 12.3.